The monoisotopic (exact) mass is 361 g/mol. The van der Waals surface area contributed by atoms with Crippen LogP contribution in [0.3, 0.4) is 0 Å². The van der Waals surface area contributed by atoms with Gasteiger partial charge in [-0.3, -0.25) is 10.1 Å². The standard InChI is InChI=1S/C13H13BrClNO4/c14-10-3-1-2-4-12(10)20-13(17)9-7-8(16(18)19)5-6-11(9)15/h5-7,10,12H,1-4H2/t10-,12-/m1/s1. The highest BCUT2D eigenvalue weighted by Crippen LogP contribution is 2.29. The van der Waals surface area contributed by atoms with Gasteiger partial charge >= 0.3 is 5.97 Å². The third-order valence-corrected chi connectivity index (χ3v) is 4.64. The van der Waals surface area contributed by atoms with E-state index in [0.717, 1.165) is 31.7 Å². The van der Waals surface area contributed by atoms with Crippen molar-refractivity contribution >= 4 is 39.2 Å². The molecule has 2 rings (SSSR count). The fraction of sp³-hybridized carbons (Fsp3) is 0.462. The highest BCUT2D eigenvalue weighted by molar-refractivity contribution is 9.09. The summed E-state index contributed by atoms with van der Waals surface area (Å²) in [5.74, 6) is -0.616. The zero-order valence-electron chi connectivity index (χ0n) is 10.6. The van der Waals surface area contributed by atoms with E-state index in [1.807, 2.05) is 0 Å². The minimum atomic E-state index is -0.616. The minimum Gasteiger partial charge on any atom is -0.458 e. The number of non-ortho nitro benzene ring substituents is 1. The zero-order valence-corrected chi connectivity index (χ0v) is 12.9. The Bertz CT molecular complexity index is 537. The van der Waals surface area contributed by atoms with E-state index in [1.54, 1.807) is 0 Å². The minimum absolute atomic E-state index is 0.0335. The first-order valence-corrected chi connectivity index (χ1v) is 7.57. The molecule has 0 saturated heterocycles. The molecule has 5 nitrogen and oxygen atoms in total. The summed E-state index contributed by atoms with van der Waals surface area (Å²) in [6.45, 7) is 0. The Morgan fingerprint density at radius 3 is 2.75 bits per heavy atom. The molecule has 0 radical (unpaired) electrons. The van der Waals surface area contributed by atoms with Crippen molar-refractivity contribution in [2.75, 3.05) is 0 Å². The lowest BCUT2D eigenvalue weighted by molar-refractivity contribution is -0.384. The van der Waals surface area contributed by atoms with Crippen molar-refractivity contribution in [2.45, 2.75) is 36.6 Å². The van der Waals surface area contributed by atoms with Crippen LogP contribution < -0.4 is 0 Å². The Morgan fingerprint density at radius 1 is 1.40 bits per heavy atom. The first-order chi connectivity index (χ1) is 9.49. The topological polar surface area (TPSA) is 69.4 Å². The van der Waals surface area contributed by atoms with Crippen LogP contribution in [0.4, 0.5) is 5.69 Å². The summed E-state index contributed by atoms with van der Waals surface area (Å²) >= 11 is 9.41. The van der Waals surface area contributed by atoms with Crippen LogP contribution in [0.5, 0.6) is 0 Å². The van der Waals surface area contributed by atoms with Gasteiger partial charge in [0.25, 0.3) is 5.69 Å². The molecule has 20 heavy (non-hydrogen) atoms. The number of halogens is 2. The van der Waals surface area contributed by atoms with E-state index in [-0.39, 0.29) is 27.2 Å². The van der Waals surface area contributed by atoms with Crippen molar-refractivity contribution in [2.24, 2.45) is 0 Å². The lowest BCUT2D eigenvalue weighted by atomic mass is 9.97. The van der Waals surface area contributed by atoms with Gasteiger partial charge < -0.3 is 4.74 Å². The third kappa shape index (κ3) is 3.49. The number of carbonyl (C=O) groups excluding carboxylic acids is 1. The average Bonchev–Trinajstić information content (AvgIpc) is 2.41. The molecule has 108 valence electrons. The van der Waals surface area contributed by atoms with Crippen LogP contribution in [0, 0.1) is 10.1 Å². The molecule has 2 atom stereocenters. The van der Waals surface area contributed by atoms with Crippen LogP contribution in [0.25, 0.3) is 0 Å². The smallest absolute Gasteiger partial charge is 0.340 e. The fourth-order valence-corrected chi connectivity index (χ4v) is 3.06. The molecule has 0 unspecified atom stereocenters. The molecule has 0 bridgehead atoms. The van der Waals surface area contributed by atoms with E-state index in [1.165, 1.54) is 12.1 Å². The molecule has 1 aliphatic carbocycles. The number of esters is 1. The van der Waals surface area contributed by atoms with E-state index in [2.05, 4.69) is 15.9 Å². The predicted octanol–water partition coefficient (Wildman–Crippen LogP) is 4.11. The van der Waals surface area contributed by atoms with E-state index < -0.39 is 10.9 Å². The number of rotatable bonds is 3. The van der Waals surface area contributed by atoms with E-state index >= 15 is 0 Å². The van der Waals surface area contributed by atoms with Gasteiger partial charge in [0.05, 0.1) is 20.3 Å². The summed E-state index contributed by atoms with van der Waals surface area (Å²) in [7, 11) is 0. The summed E-state index contributed by atoms with van der Waals surface area (Å²) in [6.07, 6.45) is 3.62. The van der Waals surface area contributed by atoms with Crippen LogP contribution in [0.2, 0.25) is 5.02 Å². The van der Waals surface area contributed by atoms with Gasteiger partial charge in [-0.05, 0) is 25.3 Å². The third-order valence-electron chi connectivity index (χ3n) is 3.26. The van der Waals surface area contributed by atoms with E-state index in [0.29, 0.717) is 0 Å². The maximum Gasteiger partial charge on any atom is 0.340 e. The number of carbonyl (C=O) groups is 1. The highest BCUT2D eigenvalue weighted by Gasteiger charge is 2.28. The number of nitro groups is 1. The van der Waals surface area contributed by atoms with Crippen molar-refractivity contribution in [1.82, 2.24) is 0 Å². The van der Waals surface area contributed by atoms with Crippen molar-refractivity contribution in [3.05, 3.63) is 38.9 Å². The SMILES string of the molecule is O=C(O[C@@H]1CCCC[C@H]1Br)c1cc([N+](=O)[O-])ccc1Cl. The molecule has 7 heteroatoms. The first-order valence-electron chi connectivity index (χ1n) is 6.28. The zero-order chi connectivity index (χ0) is 14.7. The normalized spacial score (nSPS) is 22.3. The molecule has 1 aromatic rings. The van der Waals surface area contributed by atoms with Gasteiger partial charge in [-0.15, -0.1) is 0 Å². The van der Waals surface area contributed by atoms with Gasteiger partial charge in [-0.1, -0.05) is 34.0 Å². The average molecular weight is 363 g/mol. The maximum absolute atomic E-state index is 12.1. The van der Waals surface area contributed by atoms with Crippen molar-refractivity contribution in [1.29, 1.82) is 0 Å². The van der Waals surface area contributed by atoms with Gasteiger partial charge in [-0.2, -0.15) is 0 Å². The van der Waals surface area contributed by atoms with Gasteiger partial charge in [-0.25, -0.2) is 4.79 Å². The number of nitro benzene ring substituents is 1. The van der Waals surface area contributed by atoms with Gasteiger partial charge in [0.1, 0.15) is 6.10 Å². The molecule has 1 aromatic carbocycles. The van der Waals surface area contributed by atoms with E-state index in [4.69, 9.17) is 16.3 Å². The summed E-state index contributed by atoms with van der Waals surface area (Å²) in [5, 5.41) is 10.9. The second-order valence-corrected chi connectivity index (χ2v) is 6.25. The Hall–Kier alpha value is -1.14. The Balaban J connectivity index is 2.16. The molecular weight excluding hydrogens is 350 g/mol. The molecule has 1 fully saturated rings. The molecule has 0 amide bonds. The molecule has 0 heterocycles. The number of alkyl halides is 1. The number of hydrogen-bond donors (Lipinski definition) is 0. The van der Waals surface area contributed by atoms with Gasteiger partial charge in [0.2, 0.25) is 0 Å². The Morgan fingerprint density at radius 2 is 2.10 bits per heavy atom. The van der Waals surface area contributed by atoms with E-state index in [9.17, 15) is 14.9 Å². The van der Waals surface area contributed by atoms with Gasteiger partial charge in [0.15, 0.2) is 0 Å². The van der Waals surface area contributed by atoms with Crippen LogP contribution in [-0.4, -0.2) is 21.8 Å². The highest BCUT2D eigenvalue weighted by atomic mass is 79.9. The van der Waals surface area contributed by atoms with Crippen LogP contribution in [0.1, 0.15) is 36.0 Å². The quantitative estimate of drug-likeness (QED) is 0.351. The molecule has 0 aromatic heterocycles. The summed E-state index contributed by atoms with van der Waals surface area (Å²) in [4.78, 5) is 22.4. The lowest BCUT2D eigenvalue weighted by Crippen LogP contribution is -2.30. The molecule has 0 aliphatic heterocycles. The molecule has 0 spiro atoms. The maximum atomic E-state index is 12.1. The summed E-state index contributed by atoms with van der Waals surface area (Å²) in [5.41, 5.74) is -0.147. The number of hydrogen-bond acceptors (Lipinski definition) is 4. The molecule has 1 aliphatic rings. The number of benzene rings is 1. The van der Waals surface area contributed by atoms with Crippen molar-refractivity contribution in [3.8, 4) is 0 Å². The number of ether oxygens (including phenoxy) is 1. The Labute approximate surface area is 129 Å². The Kier molecular flexibility index (Phi) is 4.99. The fourth-order valence-electron chi connectivity index (χ4n) is 2.17. The largest absolute Gasteiger partial charge is 0.458 e. The molecule has 0 N–H and O–H groups in total. The summed E-state index contributed by atoms with van der Waals surface area (Å²) < 4.78 is 5.41. The van der Waals surface area contributed by atoms with Crippen molar-refractivity contribution in [3.63, 3.8) is 0 Å². The number of nitrogens with zero attached hydrogens (tertiary/aromatic N) is 1. The van der Waals surface area contributed by atoms with Crippen LogP contribution in [0.15, 0.2) is 18.2 Å². The lowest BCUT2D eigenvalue weighted by Gasteiger charge is -2.27. The van der Waals surface area contributed by atoms with Crippen LogP contribution in [-0.2, 0) is 4.74 Å². The molecular formula is C13H13BrClNO4. The second kappa shape index (κ2) is 6.54. The second-order valence-electron chi connectivity index (χ2n) is 4.67. The van der Waals surface area contributed by atoms with Crippen LogP contribution >= 0.6 is 27.5 Å². The van der Waals surface area contributed by atoms with Crippen molar-refractivity contribution < 1.29 is 14.5 Å². The predicted molar refractivity (Wildman–Crippen MR) is 78.5 cm³/mol. The summed E-state index contributed by atoms with van der Waals surface area (Å²) in [6, 6.07) is 3.74. The molecule has 1 saturated carbocycles. The van der Waals surface area contributed by atoms with Gasteiger partial charge in [0, 0.05) is 12.1 Å². The first kappa shape index (κ1) is 15.3.